The zero-order valence-corrected chi connectivity index (χ0v) is 21.9. The Bertz CT molecular complexity index is 1070. The van der Waals surface area contributed by atoms with Gasteiger partial charge in [0.15, 0.2) is 0 Å². The van der Waals surface area contributed by atoms with Crippen LogP contribution in [-0.4, -0.2) is 59.7 Å². The van der Waals surface area contributed by atoms with Crippen molar-refractivity contribution >= 4 is 23.8 Å². The van der Waals surface area contributed by atoms with E-state index in [9.17, 15) is 14.4 Å². The monoisotopic (exact) mass is 507 g/mol. The summed E-state index contributed by atoms with van der Waals surface area (Å²) in [5.41, 5.74) is 2.39. The normalized spacial score (nSPS) is 18.4. The van der Waals surface area contributed by atoms with Crippen molar-refractivity contribution in [3.8, 4) is 0 Å². The average molecular weight is 508 g/mol. The second-order valence-electron chi connectivity index (χ2n) is 10.8. The van der Waals surface area contributed by atoms with Gasteiger partial charge in [0.1, 0.15) is 12.2 Å². The first kappa shape index (κ1) is 26.5. The molecule has 2 saturated heterocycles. The molecule has 4 rings (SSSR count). The lowest BCUT2D eigenvalue weighted by molar-refractivity contribution is -0.119. The van der Waals surface area contributed by atoms with E-state index in [0.29, 0.717) is 38.5 Å². The third-order valence-corrected chi connectivity index (χ3v) is 6.82. The maximum Gasteiger partial charge on any atom is 0.410 e. The molecule has 0 spiro atoms. The summed E-state index contributed by atoms with van der Waals surface area (Å²) in [6.07, 6.45) is 1.73. The number of nitrogens with zero attached hydrogens (tertiary/aromatic N) is 2. The van der Waals surface area contributed by atoms with E-state index in [-0.39, 0.29) is 30.6 Å². The van der Waals surface area contributed by atoms with Gasteiger partial charge in [0.2, 0.25) is 5.91 Å². The molecular formula is C29H37N3O5. The third kappa shape index (κ3) is 7.47. The molecule has 1 atom stereocenters. The van der Waals surface area contributed by atoms with Crippen LogP contribution in [-0.2, 0) is 20.9 Å². The fourth-order valence-corrected chi connectivity index (χ4v) is 4.76. The summed E-state index contributed by atoms with van der Waals surface area (Å²) in [6.45, 7) is 8.06. The number of hydrogen-bond donors (Lipinski definition) is 1. The molecule has 2 aromatic rings. The molecule has 3 amide bonds. The zero-order chi connectivity index (χ0) is 26.4. The highest BCUT2D eigenvalue weighted by Gasteiger charge is 2.32. The van der Waals surface area contributed by atoms with Crippen molar-refractivity contribution in [2.45, 2.75) is 58.2 Å². The Morgan fingerprint density at radius 2 is 1.51 bits per heavy atom. The molecule has 8 heteroatoms. The van der Waals surface area contributed by atoms with Crippen LogP contribution in [0.5, 0.6) is 0 Å². The van der Waals surface area contributed by atoms with Crippen LogP contribution >= 0.6 is 0 Å². The molecule has 0 aliphatic carbocycles. The Kier molecular flexibility index (Phi) is 8.36. The summed E-state index contributed by atoms with van der Waals surface area (Å²) in [7, 11) is 0. The summed E-state index contributed by atoms with van der Waals surface area (Å²) >= 11 is 0. The van der Waals surface area contributed by atoms with Crippen LogP contribution in [0, 0.1) is 5.92 Å². The molecule has 0 aromatic heterocycles. The molecule has 0 bridgehead atoms. The van der Waals surface area contributed by atoms with E-state index in [1.807, 2.05) is 75.4 Å². The van der Waals surface area contributed by atoms with Crippen LogP contribution in [0.15, 0.2) is 54.6 Å². The number of nitrogens with one attached hydrogen (secondary N) is 1. The summed E-state index contributed by atoms with van der Waals surface area (Å²) in [6, 6.07) is 17.5. The highest BCUT2D eigenvalue weighted by Crippen LogP contribution is 2.30. The molecule has 198 valence electrons. The van der Waals surface area contributed by atoms with Gasteiger partial charge in [-0.05, 0) is 69.2 Å². The Morgan fingerprint density at radius 1 is 0.865 bits per heavy atom. The number of carbonyl (C=O) groups excluding carboxylic acids is 3. The Labute approximate surface area is 218 Å². The number of amides is 3. The predicted octanol–water partition coefficient (Wildman–Crippen LogP) is 5.40. The summed E-state index contributed by atoms with van der Waals surface area (Å²) in [4.78, 5) is 40.9. The van der Waals surface area contributed by atoms with E-state index in [1.165, 1.54) is 5.56 Å². The molecule has 2 heterocycles. The van der Waals surface area contributed by atoms with E-state index >= 15 is 0 Å². The lowest BCUT2D eigenvalue weighted by Crippen LogP contribution is -2.41. The van der Waals surface area contributed by atoms with Gasteiger partial charge < -0.3 is 24.6 Å². The van der Waals surface area contributed by atoms with Gasteiger partial charge in [-0.15, -0.1) is 0 Å². The van der Waals surface area contributed by atoms with Crippen LogP contribution in [0.4, 0.5) is 15.3 Å². The van der Waals surface area contributed by atoms with Gasteiger partial charge in [0.25, 0.3) is 0 Å². The fraction of sp³-hybridized carbons (Fsp3) is 0.483. The van der Waals surface area contributed by atoms with Gasteiger partial charge in [-0.3, -0.25) is 4.79 Å². The number of carbonyl (C=O) groups is 3. The van der Waals surface area contributed by atoms with E-state index in [0.717, 1.165) is 24.1 Å². The first-order valence-electron chi connectivity index (χ1n) is 13.0. The van der Waals surface area contributed by atoms with Crippen molar-refractivity contribution in [1.29, 1.82) is 0 Å². The van der Waals surface area contributed by atoms with Crippen LogP contribution in [0.3, 0.4) is 0 Å². The average Bonchev–Trinajstić information content (AvgIpc) is 3.38. The highest BCUT2D eigenvalue weighted by atomic mass is 16.6. The summed E-state index contributed by atoms with van der Waals surface area (Å²) < 4.78 is 10.9. The highest BCUT2D eigenvalue weighted by molar-refractivity contribution is 5.93. The molecule has 2 aromatic carbocycles. The van der Waals surface area contributed by atoms with Crippen molar-refractivity contribution in [3.63, 3.8) is 0 Å². The smallest absolute Gasteiger partial charge is 0.410 e. The number of likely N-dealkylation sites (tertiary alicyclic amines) is 2. The van der Waals surface area contributed by atoms with Gasteiger partial charge in [0, 0.05) is 31.9 Å². The van der Waals surface area contributed by atoms with Crippen molar-refractivity contribution in [3.05, 3.63) is 65.7 Å². The van der Waals surface area contributed by atoms with E-state index in [4.69, 9.17) is 9.47 Å². The molecule has 0 saturated carbocycles. The molecule has 2 aliphatic rings. The van der Waals surface area contributed by atoms with E-state index in [2.05, 4.69) is 5.32 Å². The maximum absolute atomic E-state index is 12.8. The minimum absolute atomic E-state index is 0.0863. The number of rotatable bonds is 5. The lowest BCUT2D eigenvalue weighted by atomic mass is 9.89. The Balaban J connectivity index is 1.21. The molecule has 8 nitrogen and oxygen atoms in total. The second kappa shape index (κ2) is 11.7. The van der Waals surface area contributed by atoms with Crippen molar-refractivity contribution in [2.75, 3.05) is 31.5 Å². The quantitative estimate of drug-likeness (QED) is 0.586. The van der Waals surface area contributed by atoms with Gasteiger partial charge in [-0.25, -0.2) is 9.59 Å². The predicted molar refractivity (Wildman–Crippen MR) is 141 cm³/mol. The summed E-state index contributed by atoms with van der Waals surface area (Å²) in [5.74, 6) is 0.0200. The van der Waals surface area contributed by atoms with Crippen LogP contribution in [0.25, 0.3) is 0 Å². The minimum atomic E-state index is -0.489. The number of piperidine rings is 1. The molecule has 1 N–H and O–H groups in total. The second-order valence-corrected chi connectivity index (χ2v) is 10.8. The fourth-order valence-electron chi connectivity index (χ4n) is 4.76. The standard InChI is InChI=1S/C29H37N3O5/c1-29(2,3)37-28(35)31-16-13-23(14-17-31)22-9-11-25(12-10-22)30-26(33)24-15-18-32(19-24)27(34)36-20-21-7-5-4-6-8-21/h4-12,23-24H,13-20H2,1-3H3,(H,30,33)/t24-/m0/s1. The van der Waals surface area contributed by atoms with Crippen molar-refractivity contribution in [1.82, 2.24) is 9.80 Å². The molecule has 0 unspecified atom stereocenters. The number of ether oxygens (including phenoxy) is 2. The summed E-state index contributed by atoms with van der Waals surface area (Å²) in [5, 5.41) is 2.99. The molecule has 2 fully saturated rings. The molecule has 37 heavy (non-hydrogen) atoms. The Morgan fingerprint density at radius 3 is 2.16 bits per heavy atom. The number of benzene rings is 2. The number of anilines is 1. The first-order chi connectivity index (χ1) is 17.7. The van der Waals surface area contributed by atoms with Crippen LogP contribution in [0.1, 0.15) is 57.1 Å². The molecule has 2 aliphatic heterocycles. The topological polar surface area (TPSA) is 88.2 Å². The first-order valence-corrected chi connectivity index (χ1v) is 13.0. The SMILES string of the molecule is CC(C)(C)OC(=O)N1CCC(c2ccc(NC(=O)[C@H]3CCN(C(=O)OCc4ccccc4)C3)cc2)CC1. The lowest BCUT2D eigenvalue weighted by Gasteiger charge is -2.33. The van der Waals surface area contributed by atoms with Gasteiger partial charge in [0.05, 0.1) is 5.92 Å². The van der Waals surface area contributed by atoms with Gasteiger partial charge in [-0.1, -0.05) is 42.5 Å². The largest absolute Gasteiger partial charge is 0.445 e. The van der Waals surface area contributed by atoms with Gasteiger partial charge in [-0.2, -0.15) is 0 Å². The number of hydrogen-bond acceptors (Lipinski definition) is 5. The maximum atomic E-state index is 12.8. The minimum Gasteiger partial charge on any atom is -0.445 e. The zero-order valence-electron chi connectivity index (χ0n) is 21.9. The van der Waals surface area contributed by atoms with Crippen molar-refractivity contribution in [2.24, 2.45) is 5.92 Å². The third-order valence-electron chi connectivity index (χ3n) is 6.82. The van der Waals surface area contributed by atoms with E-state index in [1.54, 1.807) is 9.80 Å². The van der Waals surface area contributed by atoms with Crippen LogP contribution in [0.2, 0.25) is 0 Å². The molecular weight excluding hydrogens is 470 g/mol. The van der Waals surface area contributed by atoms with Gasteiger partial charge >= 0.3 is 12.2 Å². The van der Waals surface area contributed by atoms with E-state index < -0.39 is 5.60 Å². The molecule has 0 radical (unpaired) electrons. The van der Waals surface area contributed by atoms with Crippen molar-refractivity contribution < 1.29 is 23.9 Å². The van der Waals surface area contributed by atoms with Crippen LogP contribution < -0.4 is 5.32 Å². The Hall–Kier alpha value is -3.55.